The second-order valence-electron chi connectivity index (χ2n) is 6.09. The minimum absolute atomic E-state index is 0.0612. The largest absolute Gasteiger partial charge is 0.391 e. The molecule has 3 rings (SSSR count). The maximum absolute atomic E-state index is 12.4. The summed E-state index contributed by atoms with van der Waals surface area (Å²) in [4.78, 5) is 12.4. The molecule has 3 N–H and O–H groups in total. The third kappa shape index (κ3) is 3.28. The van der Waals surface area contributed by atoms with Crippen LogP contribution in [0.4, 0.5) is 0 Å². The molecule has 0 saturated carbocycles. The zero-order chi connectivity index (χ0) is 16.4. The number of aliphatic hydroxyl groups is 1. The van der Waals surface area contributed by atoms with Gasteiger partial charge in [0.15, 0.2) is 0 Å². The van der Waals surface area contributed by atoms with Crippen LogP contribution in [-0.4, -0.2) is 46.5 Å². The molecule has 2 heterocycles. The Morgan fingerprint density at radius 2 is 2.26 bits per heavy atom. The highest BCUT2D eigenvalue weighted by Crippen LogP contribution is 2.15. The van der Waals surface area contributed by atoms with Crippen molar-refractivity contribution >= 4 is 5.91 Å². The first-order valence-corrected chi connectivity index (χ1v) is 7.85. The van der Waals surface area contributed by atoms with E-state index in [0.29, 0.717) is 18.7 Å². The molecule has 23 heavy (non-hydrogen) atoms. The molecular formula is C17H22N4O2. The molecule has 1 saturated heterocycles. The van der Waals surface area contributed by atoms with Gasteiger partial charge in [0, 0.05) is 25.6 Å². The summed E-state index contributed by atoms with van der Waals surface area (Å²) in [6.07, 6.45) is 1.20. The summed E-state index contributed by atoms with van der Waals surface area (Å²) in [5.74, 6) is -0.0911. The van der Waals surface area contributed by atoms with Gasteiger partial charge in [0.1, 0.15) is 0 Å². The van der Waals surface area contributed by atoms with Gasteiger partial charge < -0.3 is 15.7 Å². The number of aliphatic hydroxyl groups excluding tert-OH is 1. The second kappa shape index (κ2) is 6.52. The number of aromatic nitrogens is 2. The van der Waals surface area contributed by atoms with Crippen molar-refractivity contribution in [2.24, 2.45) is 5.92 Å². The van der Waals surface area contributed by atoms with Crippen LogP contribution in [0, 0.1) is 19.8 Å². The first kappa shape index (κ1) is 15.7. The lowest BCUT2D eigenvalue weighted by Crippen LogP contribution is -2.34. The van der Waals surface area contributed by atoms with Gasteiger partial charge in [-0.3, -0.25) is 4.79 Å². The van der Waals surface area contributed by atoms with Gasteiger partial charge in [0.25, 0.3) is 5.91 Å². The first-order valence-electron chi connectivity index (χ1n) is 7.85. The minimum Gasteiger partial charge on any atom is -0.391 e. The molecule has 1 aliphatic heterocycles. The number of nitrogens with one attached hydrogen (secondary N) is 2. The van der Waals surface area contributed by atoms with Crippen LogP contribution in [-0.2, 0) is 0 Å². The number of β-amino-alcohol motifs (C(OH)–C–C–N with tert-alkyl or cyclic N) is 1. The smallest absolute Gasteiger partial charge is 0.254 e. The number of hydrogen-bond acceptors (Lipinski definition) is 4. The van der Waals surface area contributed by atoms with E-state index in [4.69, 9.17) is 0 Å². The number of aryl methyl sites for hydroxylation is 1. The van der Waals surface area contributed by atoms with Crippen LogP contribution in [0.25, 0.3) is 5.69 Å². The van der Waals surface area contributed by atoms with Crippen LogP contribution in [0.5, 0.6) is 0 Å². The predicted octanol–water partition coefficient (Wildman–Crippen LogP) is 0.799. The molecule has 6 nitrogen and oxygen atoms in total. The van der Waals surface area contributed by atoms with Crippen LogP contribution in [0.15, 0.2) is 30.5 Å². The number of benzene rings is 1. The Kier molecular flexibility index (Phi) is 4.45. The lowest BCUT2D eigenvalue weighted by Gasteiger charge is -2.14. The minimum atomic E-state index is -0.397. The highest BCUT2D eigenvalue weighted by Gasteiger charge is 2.25. The molecule has 0 radical (unpaired) electrons. The lowest BCUT2D eigenvalue weighted by molar-refractivity contribution is 0.0926. The average Bonchev–Trinajstić information content (AvgIpc) is 3.11. The highest BCUT2D eigenvalue weighted by atomic mass is 16.3. The molecule has 0 aliphatic carbocycles. The summed E-state index contributed by atoms with van der Waals surface area (Å²) >= 11 is 0. The lowest BCUT2D eigenvalue weighted by atomic mass is 10.1. The predicted molar refractivity (Wildman–Crippen MR) is 87.7 cm³/mol. The van der Waals surface area contributed by atoms with Gasteiger partial charge in [-0.2, -0.15) is 5.10 Å². The molecule has 2 unspecified atom stereocenters. The Morgan fingerprint density at radius 1 is 1.43 bits per heavy atom. The van der Waals surface area contributed by atoms with Gasteiger partial charge in [-0.05, 0) is 31.5 Å². The molecule has 1 aromatic heterocycles. The van der Waals surface area contributed by atoms with Gasteiger partial charge in [0.2, 0.25) is 0 Å². The molecule has 122 valence electrons. The zero-order valence-electron chi connectivity index (χ0n) is 13.4. The maximum atomic E-state index is 12.4. The van der Waals surface area contributed by atoms with Crippen LogP contribution < -0.4 is 10.6 Å². The molecule has 0 spiro atoms. The summed E-state index contributed by atoms with van der Waals surface area (Å²) in [6, 6.07) is 7.99. The Labute approximate surface area is 135 Å². The highest BCUT2D eigenvalue weighted by molar-refractivity contribution is 5.95. The number of amides is 1. The van der Waals surface area contributed by atoms with Crippen molar-refractivity contribution in [3.05, 3.63) is 47.3 Å². The number of hydrogen-bond donors (Lipinski definition) is 3. The van der Waals surface area contributed by atoms with E-state index in [1.807, 2.05) is 38.1 Å². The summed E-state index contributed by atoms with van der Waals surface area (Å²) in [7, 11) is 0. The van der Waals surface area contributed by atoms with Crippen molar-refractivity contribution in [3.8, 4) is 5.69 Å². The molecule has 2 aromatic rings. The van der Waals surface area contributed by atoms with E-state index in [9.17, 15) is 9.90 Å². The summed E-state index contributed by atoms with van der Waals surface area (Å²) in [6.45, 7) is 5.68. The third-order valence-corrected chi connectivity index (χ3v) is 4.33. The Bertz CT molecular complexity index is 710. The molecule has 2 atom stereocenters. The van der Waals surface area contributed by atoms with E-state index < -0.39 is 6.10 Å². The number of rotatable bonds is 4. The zero-order valence-corrected chi connectivity index (χ0v) is 13.4. The summed E-state index contributed by atoms with van der Waals surface area (Å²) in [5, 5.41) is 20.1. The number of nitrogens with zero attached hydrogens (tertiary/aromatic N) is 2. The topological polar surface area (TPSA) is 79.2 Å². The van der Waals surface area contributed by atoms with Crippen molar-refractivity contribution in [1.29, 1.82) is 0 Å². The summed E-state index contributed by atoms with van der Waals surface area (Å²) < 4.78 is 1.77. The van der Waals surface area contributed by atoms with E-state index in [2.05, 4.69) is 15.7 Å². The third-order valence-electron chi connectivity index (χ3n) is 4.33. The molecule has 1 aromatic carbocycles. The second-order valence-corrected chi connectivity index (χ2v) is 6.09. The molecule has 6 heteroatoms. The number of carbonyl (C=O) groups excluding carboxylic acids is 1. The number of carbonyl (C=O) groups is 1. The van der Waals surface area contributed by atoms with Crippen molar-refractivity contribution in [1.82, 2.24) is 20.4 Å². The molecule has 1 aliphatic rings. The van der Waals surface area contributed by atoms with Gasteiger partial charge in [-0.15, -0.1) is 0 Å². The van der Waals surface area contributed by atoms with Gasteiger partial charge in [0.05, 0.1) is 29.2 Å². The first-order chi connectivity index (χ1) is 11.1. The monoisotopic (exact) mass is 314 g/mol. The van der Waals surface area contributed by atoms with Crippen molar-refractivity contribution in [3.63, 3.8) is 0 Å². The molecule has 1 fully saturated rings. The van der Waals surface area contributed by atoms with Gasteiger partial charge in [-0.1, -0.05) is 12.1 Å². The van der Waals surface area contributed by atoms with E-state index in [1.54, 1.807) is 10.9 Å². The summed E-state index contributed by atoms with van der Waals surface area (Å²) in [5.41, 5.74) is 3.45. The normalized spacial score (nSPS) is 20.7. The van der Waals surface area contributed by atoms with E-state index in [0.717, 1.165) is 23.5 Å². The SMILES string of the molecule is Cc1cccc(-n2ncc(C(=O)NCC3CNCC3O)c2C)c1. The van der Waals surface area contributed by atoms with E-state index >= 15 is 0 Å². The Hall–Kier alpha value is -2.18. The van der Waals surface area contributed by atoms with Gasteiger partial charge in [-0.25, -0.2) is 4.68 Å². The molecule has 1 amide bonds. The van der Waals surface area contributed by atoms with Crippen LogP contribution in [0.3, 0.4) is 0 Å². The van der Waals surface area contributed by atoms with Gasteiger partial charge >= 0.3 is 0 Å². The fourth-order valence-electron chi connectivity index (χ4n) is 2.90. The standard InChI is InChI=1S/C17H22N4O2/c1-11-4-3-5-14(6-11)21-12(2)15(9-20-21)17(23)19-8-13-7-18-10-16(13)22/h3-6,9,13,16,18,22H,7-8,10H2,1-2H3,(H,19,23). The van der Waals surface area contributed by atoms with E-state index in [1.165, 1.54) is 0 Å². The van der Waals surface area contributed by atoms with Crippen molar-refractivity contribution in [2.75, 3.05) is 19.6 Å². The van der Waals surface area contributed by atoms with E-state index in [-0.39, 0.29) is 11.8 Å². The van der Waals surface area contributed by atoms with Crippen molar-refractivity contribution in [2.45, 2.75) is 20.0 Å². The van der Waals surface area contributed by atoms with Crippen LogP contribution in [0.2, 0.25) is 0 Å². The average molecular weight is 314 g/mol. The van der Waals surface area contributed by atoms with Crippen molar-refractivity contribution < 1.29 is 9.90 Å². The van der Waals surface area contributed by atoms with Crippen LogP contribution in [0.1, 0.15) is 21.6 Å². The quantitative estimate of drug-likeness (QED) is 0.780. The maximum Gasteiger partial charge on any atom is 0.254 e. The molecular weight excluding hydrogens is 292 g/mol. The Balaban J connectivity index is 1.72. The van der Waals surface area contributed by atoms with Crippen LogP contribution >= 0.6 is 0 Å². The fraction of sp³-hybridized carbons (Fsp3) is 0.412. The molecule has 0 bridgehead atoms. The fourth-order valence-corrected chi connectivity index (χ4v) is 2.90. The Morgan fingerprint density at radius 3 is 2.96 bits per heavy atom.